The zero-order valence-electron chi connectivity index (χ0n) is 42.0. The Bertz CT molecular complexity index is 3290. The molecule has 0 amide bonds. The molecule has 0 aliphatic heterocycles. The molecule has 0 aliphatic rings. The summed E-state index contributed by atoms with van der Waals surface area (Å²) >= 11 is 0. The fourth-order valence-electron chi connectivity index (χ4n) is 4.51. The number of para-hydroxylation sites is 3. The highest BCUT2D eigenvalue weighted by Crippen LogP contribution is 2.37. The van der Waals surface area contributed by atoms with Gasteiger partial charge >= 0.3 is 0 Å². The van der Waals surface area contributed by atoms with Crippen molar-refractivity contribution in [2.24, 2.45) is 0 Å². The first-order valence-corrected chi connectivity index (χ1v) is 11.2. The molecular weight excluding hydrogens is 460 g/mol. The minimum absolute atomic E-state index is 0.364. The second-order valence-electron chi connectivity index (χ2n) is 8.09. The lowest BCUT2D eigenvalue weighted by atomic mass is 10.1. The Morgan fingerprint density at radius 3 is 1.53 bits per heavy atom. The largest absolute Gasteiger partial charge is 0.309 e. The predicted molar refractivity (Wildman–Crippen MR) is 161 cm³/mol. The molecular formula is C36H24N2. The summed E-state index contributed by atoms with van der Waals surface area (Å²) in [5.74, 6) is 0. The normalized spacial score (nSPS) is 20.2. The Labute approximate surface area is 252 Å². The van der Waals surface area contributed by atoms with Gasteiger partial charge in [0.05, 0.1) is 53.6 Å². The molecule has 0 fully saturated rings. The number of hydrogen-bond acceptors (Lipinski definition) is 0. The lowest BCUT2D eigenvalue weighted by molar-refractivity contribution is 1.17. The van der Waals surface area contributed by atoms with Crippen molar-refractivity contribution in [2.45, 2.75) is 0 Å². The van der Waals surface area contributed by atoms with Gasteiger partial charge in [0.25, 0.3) is 0 Å². The topological polar surface area (TPSA) is 9.86 Å². The van der Waals surface area contributed by atoms with Gasteiger partial charge in [0.2, 0.25) is 0 Å². The van der Waals surface area contributed by atoms with E-state index in [0.717, 1.165) is 15.2 Å². The third-order valence-electron chi connectivity index (χ3n) is 6.07. The van der Waals surface area contributed by atoms with Crippen molar-refractivity contribution in [3.63, 3.8) is 0 Å². The van der Waals surface area contributed by atoms with Crippen molar-refractivity contribution in [2.75, 3.05) is 0 Å². The summed E-state index contributed by atoms with van der Waals surface area (Å²) in [6.07, 6.45) is 0. The van der Waals surface area contributed by atoms with E-state index in [1.807, 2.05) is 0 Å². The van der Waals surface area contributed by atoms with Crippen LogP contribution in [0, 0.1) is 0 Å². The van der Waals surface area contributed by atoms with E-state index in [1.165, 1.54) is 0 Å². The molecule has 0 spiro atoms. The van der Waals surface area contributed by atoms with Crippen molar-refractivity contribution in [1.29, 1.82) is 0 Å². The number of benzene rings is 6. The number of nitrogens with zero attached hydrogens (tertiary/aromatic N) is 2. The molecule has 8 rings (SSSR count). The zero-order valence-corrected chi connectivity index (χ0v) is 19.0. The Balaban J connectivity index is 1.65. The second kappa shape index (κ2) is 8.22. The fourth-order valence-corrected chi connectivity index (χ4v) is 4.51. The summed E-state index contributed by atoms with van der Waals surface area (Å²) in [5.41, 5.74) is -4.41. The van der Waals surface area contributed by atoms with E-state index in [-0.39, 0.29) is 16.3 Å². The molecule has 178 valence electrons. The smallest absolute Gasteiger partial charge is 0.0652 e. The van der Waals surface area contributed by atoms with Crippen molar-refractivity contribution in [3.05, 3.63) is 145 Å². The van der Waals surface area contributed by atoms with E-state index >= 15 is 0 Å². The van der Waals surface area contributed by atoms with Crippen LogP contribution in [0.15, 0.2) is 145 Å². The molecule has 0 saturated carbocycles. The average molecular weight is 508 g/mol. The number of rotatable bonds is 3. The molecule has 0 aliphatic carbocycles. The van der Waals surface area contributed by atoms with Gasteiger partial charge in [0, 0.05) is 32.9 Å². The Hall–Kier alpha value is -5.08. The standard InChI is InChI=1S/C36H24N2/c1-2-11-25(12-3-1)26-13-10-14-27(23-26)37-35-20-9-6-17-31(35)32-24-28(21-22-36(32)37)38-33-18-7-4-15-29(33)30-16-5-8-19-34(30)38/h1-24H/i1D,2D,3D,4D,5D,6D,7D,8D,9D,10D,11D,12D,13D,14D,15D,16D,17D,18D,19D,20D,21D,23D,24D. The van der Waals surface area contributed by atoms with Gasteiger partial charge < -0.3 is 9.13 Å². The number of fused-ring (bicyclic) bond motifs is 6. The van der Waals surface area contributed by atoms with Gasteiger partial charge in [-0.05, 0) is 59.5 Å². The summed E-state index contributed by atoms with van der Waals surface area (Å²) in [6.45, 7) is 0. The molecule has 0 N–H and O–H groups in total. The first-order chi connectivity index (χ1) is 28.4. The Morgan fingerprint density at radius 2 is 0.868 bits per heavy atom. The van der Waals surface area contributed by atoms with Gasteiger partial charge in [-0.15, -0.1) is 0 Å². The third kappa shape index (κ3) is 3.07. The molecule has 8 aromatic rings. The highest BCUT2D eigenvalue weighted by molar-refractivity contribution is 6.12. The highest BCUT2D eigenvalue weighted by Gasteiger charge is 2.16. The summed E-state index contributed by atoms with van der Waals surface area (Å²) in [4.78, 5) is 0. The van der Waals surface area contributed by atoms with Crippen LogP contribution in [0.4, 0.5) is 0 Å². The molecule has 2 aromatic heterocycles. The molecule has 0 unspecified atom stereocenters. The Morgan fingerprint density at radius 1 is 0.368 bits per heavy atom. The van der Waals surface area contributed by atoms with Gasteiger partial charge in [-0.2, -0.15) is 0 Å². The maximum Gasteiger partial charge on any atom is 0.0652 e. The van der Waals surface area contributed by atoms with Crippen molar-refractivity contribution >= 4 is 43.6 Å². The van der Waals surface area contributed by atoms with Crippen LogP contribution in [-0.2, 0) is 0 Å². The summed E-state index contributed by atoms with van der Waals surface area (Å²) < 4.78 is 203. The summed E-state index contributed by atoms with van der Waals surface area (Å²) in [7, 11) is 0. The van der Waals surface area contributed by atoms with E-state index in [1.54, 1.807) is 0 Å². The van der Waals surface area contributed by atoms with Crippen LogP contribution in [0.25, 0.3) is 66.1 Å². The first kappa shape index (κ1) is 8.47. The van der Waals surface area contributed by atoms with Crippen LogP contribution in [0.2, 0.25) is 0 Å². The lowest BCUT2D eigenvalue weighted by Crippen LogP contribution is -1.96. The van der Waals surface area contributed by atoms with Crippen molar-refractivity contribution in [3.8, 4) is 22.5 Å². The van der Waals surface area contributed by atoms with Gasteiger partial charge in [-0.25, -0.2) is 0 Å². The SMILES string of the molecule is [2H]c1cc2c(c([2H])c1-n1c3c([2H])c([2H])c([2H])c([2H])c3c3c([2H])c([2H])c([2H])c([2H])c31)c1c([2H])c([2H])c([2H])c([2H])c1n2-c1c([2H])c([2H])c([2H])c(-c2c([2H])c([2H])c([2H])c([2H])c2[2H])c1[2H]. The van der Waals surface area contributed by atoms with Crippen LogP contribution < -0.4 is 0 Å². The average Bonchev–Trinajstić information content (AvgIpc) is 3.75. The molecule has 6 aromatic carbocycles. The molecule has 2 heterocycles. The van der Waals surface area contributed by atoms with Crippen LogP contribution in [-0.4, -0.2) is 9.13 Å². The van der Waals surface area contributed by atoms with E-state index in [0.29, 0.717) is 0 Å². The quantitative estimate of drug-likeness (QED) is 0.225. The minimum Gasteiger partial charge on any atom is -0.309 e. The van der Waals surface area contributed by atoms with Crippen LogP contribution in [0.1, 0.15) is 31.5 Å². The highest BCUT2D eigenvalue weighted by atomic mass is 15.0. The summed E-state index contributed by atoms with van der Waals surface area (Å²) in [6, 6.07) is -17.4. The van der Waals surface area contributed by atoms with E-state index in [4.69, 9.17) is 27.4 Å². The Kier molecular flexibility index (Phi) is 1.83. The molecule has 38 heavy (non-hydrogen) atoms. The maximum absolute atomic E-state index is 9.72. The van der Waals surface area contributed by atoms with Gasteiger partial charge in [-0.1, -0.05) is 96.7 Å². The minimum atomic E-state index is -0.925. The van der Waals surface area contributed by atoms with E-state index in [9.17, 15) is 4.11 Å². The predicted octanol–water partition coefficient (Wildman–Crippen LogP) is 9.55. The molecule has 0 saturated heterocycles. The zero-order chi connectivity index (χ0) is 45.1. The molecule has 2 nitrogen and oxygen atoms in total. The molecule has 0 radical (unpaired) electrons. The fraction of sp³-hybridized carbons (Fsp3) is 0. The molecule has 2 heteroatoms. The maximum atomic E-state index is 9.72. The summed E-state index contributed by atoms with van der Waals surface area (Å²) in [5, 5.41) is -1.59. The van der Waals surface area contributed by atoms with Gasteiger partial charge in [0.15, 0.2) is 0 Å². The van der Waals surface area contributed by atoms with Gasteiger partial charge in [0.1, 0.15) is 0 Å². The van der Waals surface area contributed by atoms with E-state index < -0.39 is 189 Å². The molecule has 0 atom stereocenters. The van der Waals surface area contributed by atoms with E-state index in [2.05, 4.69) is 0 Å². The monoisotopic (exact) mass is 507 g/mol. The number of hydrogen-bond donors (Lipinski definition) is 0. The van der Waals surface area contributed by atoms with Crippen LogP contribution >= 0.6 is 0 Å². The first-order valence-electron chi connectivity index (χ1n) is 22.7. The van der Waals surface area contributed by atoms with Crippen LogP contribution in [0.5, 0.6) is 0 Å². The molecule has 0 bridgehead atoms. The lowest BCUT2D eigenvalue weighted by Gasteiger charge is -2.11. The van der Waals surface area contributed by atoms with Crippen molar-refractivity contribution < 1.29 is 31.5 Å². The van der Waals surface area contributed by atoms with Crippen molar-refractivity contribution in [1.82, 2.24) is 9.13 Å². The van der Waals surface area contributed by atoms with Crippen LogP contribution in [0.3, 0.4) is 0 Å². The van der Waals surface area contributed by atoms with Gasteiger partial charge in [-0.3, -0.25) is 0 Å². The number of aromatic nitrogens is 2. The second-order valence-corrected chi connectivity index (χ2v) is 8.09. The third-order valence-corrected chi connectivity index (χ3v) is 6.07.